The summed E-state index contributed by atoms with van der Waals surface area (Å²) >= 11 is 0. The first kappa shape index (κ1) is 18.4. The maximum Gasteiger partial charge on any atom is 0.338 e. The predicted molar refractivity (Wildman–Crippen MR) is 67.6 cm³/mol. The summed E-state index contributed by atoms with van der Waals surface area (Å²) in [5, 5.41) is 66.8. The van der Waals surface area contributed by atoms with Gasteiger partial charge in [-0.1, -0.05) is 0 Å². The second-order valence-electron chi connectivity index (χ2n) is 5.39. The summed E-state index contributed by atoms with van der Waals surface area (Å²) in [7, 11) is 0. The predicted octanol–water partition coefficient (Wildman–Crippen LogP) is -5.19. The molecule has 0 aromatic heterocycles. The largest absolute Gasteiger partial charge is 0.455 e. The van der Waals surface area contributed by atoms with Crippen molar-refractivity contribution in [3.8, 4) is 0 Å². The molecule has 0 spiro atoms. The molecule has 0 amide bonds. The molecule has 0 unspecified atom stereocenters. The average molecular weight is 340 g/mol. The van der Waals surface area contributed by atoms with Crippen LogP contribution in [0.4, 0.5) is 0 Å². The molecule has 23 heavy (non-hydrogen) atoms. The minimum Gasteiger partial charge on any atom is -0.455 e. The van der Waals surface area contributed by atoms with Crippen molar-refractivity contribution in [2.75, 3.05) is 13.2 Å². The van der Waals surface area contributed by atoms with Crippen molar-refractivity contribution < 1.29 is 54.8 Å². The smallest absolute Gasteiger partial charge is 0.338 e. The van der Waals surface area contributed by atoms with E-state index < -0.39 is 74.3 Å². The van der Waals surface area contributed by atoms with E-state index in [2.05, 4.69) is 4.74 Å². The van der Waals surface area contributed by atoms with Gasteiger partial charge in [0.2, 0.25) is 0 Å². The van der Waals surface area contributed by atoms with Crippen molar-refractivity contribution in [1.82, 2.24) is 0 Å². The second kappa shape index (κ2) is 7.34. The standard InChI is InChI=1S/C12H20O11/c13-1-3-5(15)6(16)9(19)12(22-3)23-10-4(2-14)21-11(20)8(18)7(10)17/h3-10,12-19H,1-2H2/t3-,4-,5+,6+,7-,8-,9-,10+,12+/m1/s1. The number of carbonyl (C=O) groups excluding carboxylic acids is 1. The van der Waals surface area contributed by atoms with E-state index in [4.69, 9.17) is 14.6 Å². The Morgan fingerprint density at radius 2 is 1.48 bits per heavy atom. The molecule has 2 rings (SSSR count). The van der Waals surface area contributed by atoms with Gasteiger partial charge in [0, 0.05) is 0 Å². The summed E-state index contributed by atoms with van der Waals surface area (Å²) in [6.07, 6.45) is -14.4. The molecule has 0 bridgehead atoms. The van der Waals surface area contributed by atoms with Gasteiger partial charge in [0.15, 0.2) is 18.5 Å². The van der Waals surface area contributed by atoms with Crippen LogP contribution in [0.5, 0.6) is 0 Å². The molecule has 0 saturated carbocycles. The van der Waals surface area contributed by atoms with Crippen LogP contribution in [0.1, 0.15) is 0 Å². The monoisotopic (exact) mass is 340 g/mol. The second-order valence-corrected chi connectivity index (χ2v) is 5.39. The van der Waals surface area contributed by atoms with E-state index in [1.54, 1.807) is 0 Å². The van der Waals surface area contributed by atoms with Crippen LogP contribution in [0, 0.1) is 0 Å². The highest BCUT2D eigenvalue weighted by Crippen LogP contribution is 2.27. The van der Waals surface area contributed by atoms with Gasteiger partial charge in [-0.15, -0.1) is 0 Å². The molecule has 0 aromatic rings. The normalized spacial score (nSPS) is 48.1. The fourth-order valence-electron chi connectivity index (χ4n) is 2.47. The number of cyclic esters (lactones) is 1. The average Bonchev–Trinajstić information content (AvgIpc) is 2.55. The van der Waals surface area contributed by atoms with Crippen LogP contribution < -0.4 is 0 Å². The maximum atomic E-state index is 11.3. The number of carbonyl (C=O) groups is 1. The molecule has 11 heteroatoms. The highest BCUT2D eigenvalue weighted by molar-refractivity contribution is 5.76. The molecular formula is C12H20O11. The van der Waals surface area contributed by atoms with Gasteiger partial charge < -0.3 is 50.0 Å². The minimum atomic E-state index is -1.92. The molecule has 2 fully saturated rings. The fraction of sp³-hybridized carbons (Fsp3) is 0.917. The minimum absolute atomic E-state index is 0.681. The van der Waals surface area contributed by atoms with Crippen molar-refractivity contribution in [2.45, 2.75) is 55.1 Å². The van der Waals surface area contributed by atoms with Gasteiger partial charge >= 0.3 is 5.97 Å². The Hall–Kier alpha value is -0.890. The van der Waals surface area contributed by atoms with E-state index >= 15 is 0 Å². The Labute approximate surface area is 130 Å². The van der Waals surface area contributed by atoms with Crippen LogP contribution in [-0.4, -0.2) is 110 Å². The van der Waals surface area contributed by atoms with E-state index in [0.29, 0.717) is 0 Å². The number of hydrogen-bond donors (Lipinski definition) is 7. The number of esters is 1. The SMILES string of the molecule is O=C1O[C@H](CO)[C@H](O[C@@H]2O[C@H](CO)[C@H](O)[C@H](O)[C@H]2O)[C@H](O)[C@H]1O. The zero-order valence-corrected chi connectivity index (χ0v) is 11.9. The zero-order chi connectivity index (χ0) is 17.3. The lowest BCUT2D eigenvalue weighted by molar-refractivity contribution is -0.331. The molecule has 2 aliphatic rings. The zero-order valence-electron chi connectivity index (χ0n) is 11.9. The van der Waals surface area contributed by atoms with E-state index in [0.717, 1.165) is 0 Å². The molecule has 134 valence electrons. The van der Waals surface area contributed by atoms with Gasteiger partial charge in [-0.3, -0.25) is 0 Å². The van der Waals surface area contributed by atoms with E-state index in [1.807, 2.05) is 0 Å². The molecule has 2 aliphatic heterocycles. The van der Waals surface area contributed by atoms with Gasteiger partial charge in [-0.25, -0.2) is 4.79 Å². The Morgan fingerprint density at radius 3 is 2.04 bits per heavy atom. The molecule has 0 aliphatic carbocycles. The van der Waals surface area contributed by atoms with Crippen molar-refractivity contribution >= 4 is 5.97 Å². The van der Waals surface area contributed by atoms with Crippen molar-refractivity contribution in [1.29, 1.82) is 0 Å². The maximum absolute atomic E-state index is 11.3. The van der Waals surface area contributed by atoms with Crippen molar-refractivity contribution in [3.05, 3.63) is 0 Å². The van der Waals surface area contributed by atoms with Crippen molar-refractivity contribution in [3.63, 3.8) is 0 Å². The number of rotatable bonds is 4. The van der Waals surface area contributed by atoms with Gasteiger partial charge in [0.05, 0.1) is 13.2 Å². The highest BCUT2D eigenvalue weighted by atomic mass is 16.7. The summed E-state index contributed by atoms with van der Waals surface area (Å²) < 4.78 is 15.0. The molecule has 11 nitrogen and oxygen atoms in total. The Kier molecular flexibility index (Phi) is 5.89. The van der Waals surface area contributed by atoms with Crippen LogP contribution in [0.3, 0.4) is 0 Å². The first-order valence-corrected chi connectivity index (χ1v) is 6.95. The summed E-state index contributed by atoms with van der Waals surface area (Å²) in [4.78, 5) is 11.3. The molecular weight excluding hydrogens is 320 g/mol. The van der Waals surface area contributed by atoms with Crippen LogP contribution in [-0.2, 0) is 19.0 Å². The molecule has 2 heterocycles. The fourth-order valence-corrected chi connectivity index (χ4v) is 2.47. The van der Waals surface area contributed by atoms with E-state index in [1.165, 1.54) is 0 Å². The van der Waals surface area contributed by atoms with Crippen molar-refractivity contribution in [2.24, 2.45) is 0 Å². The van der Waals surface area contributed by atoms with Gasteiger partial charge in [0.1, 0.15) is 36.6 Å². The summed E-state index contributed by atoms with van der Waals surface area (Å²) in [5.74, 6) is -1.15. The number of aliphatic hydroxyl groups is 7. The first-order valence-electron chi connectivity index (χ1n) is 6.95. The Bertz CT molecular complexity index is 414. The van der Waals surface area contributed by atoms with Crippen LogP contribution in [0.2, 0.25) is 0 Å². The van der Waals surface area contributed by atoms with Gasteiger partial charge in [0.25, 0.3) is 0 Å². The summed E-state index contributed by atoms with van der Waals surface area (Å²) in [5.41, 5.74) is 0. The molecule has 2 saturated heterocycles. The topological polar surface area (TPSA) is 186 Å². The highest BCUT2D eigenvalue weighted by Gasteiger charge is 2.50. The van der Waals surface area contributed by atoms with E-state index in [-0.39, 0.29) is 0 Å². The van der Waals surface area contributed by atoms with Gasteiger partial charge in [-0.05, 0) is 0 Å². The van der Waals surface area contributed by atoms with E-state index in [9.17, 15) is 35.4 Å². The third-order valence-corrected chi connectivity index (χ3v) is 3.86. The van der Waals surface area contributed by atoms with Crippen LogP contribution in [0.25, 0.3) is 0 Å². The lowest BCUT2D eigenvalue weighted by Gasteiger charge is -2.43. The Morgan fingerprint density at radius 1 is 0.870 bits per heavy atom. The summed E-state index contributed by atoms with van der Waals surface area (Å²) in [6, 6.07) is 0. The van der Waals surface area contributed by atoms with Crippen LogP contribution >= 0.6 is 0 Å². The van der Waals surface area contributed by atoms with Gasteiger partial charge in [-0.2, -0.15) is 0 Å². The first-order chi connectivity index (χ1) is 10.8. The molecule has 9 atom stereocenters. The number of hydrogen-bond acceptors (Lipinski definition) is 11. The molecule has 0 radical (unpaired) electrons. The summed E-state index contributed by atoms with van der Waals surface area (Å²) in [6.45, 7) is -1.42. The number of aliphatic hydroxyl groups excluding tert-OH is 7. The third kappa shape index (κ3) is 3.47. The lowest BCUT2D eigenvalue weighted by atomic mass is 9.97. The Balaban J connectivity index is 2.13. The lowest BCUT2D eigenvalue weighted by Crippen LogP contribution is -2.63. The molecule has 7 N–H and O–H groups in total. The number of ether oxygens (including phenoxy) is 3. The third-order valence-electron chi connectivity index (χ3n) is 3.86. The quantitative estimate of drug-likeness (QED) is 0.242. The van der Waals surface area contributed by atoms with Crippen LogP contribution in [0.15, 0.2) is 0 Å². The molecule has 0 aromatic carbocycles.